The molecule has 50 heavy (non-hydrogen) atoms. The Morgan fingerprint density at radius 1 is 0.320 bits per heavy atom. The second-order valence-electron chi connectivity index (χ2n) is 14.7. The molecule has 0 radical (unpaired) electrons. The molecule has 0 aliphatic rings. The minimum atomic E-state index is -3.72. The summed E-state index contributed by atoms with van der Waals surface area (Å²) in [6, 6.07) is 0. The first-order valence-electron chi connectivity index (χ1n) is 22.4. The van der Waals surface area contributed by atoms with E-state index in [-0.39, 0.29) is 0 Å². The predicted octanol–water partition coefficient (Wildman–Crippen LogP) is 15.4. The normalized spacial score (nSPS) is 11.0. The Bertz CT molecular complexity index is 479. The standard InChI is InChI=1S/3C14H29.H3O2PS2.3Zn/c3*1-3-5-7-9-11-13-14-12-10-8-6-4-2;1-3(2,4)5;;;/h3*1,3-14H2,2H3;(H3,1,2,4,5);;;/q;;;;3*+1/p-3. The Morgan fingerprint density at radius 3 is 0.520 bits per heavy atom. The van der Waals surface area contributed by atoms with Crippen molar-refractivity contribution < 1.29 is 64.7 Å². The van der Waals surface area contributed by atoms with Gasteiger partial charge in [0.15, 0.2) is 0 Å². The zero-order valence-electron chi connectivity index (χ0n) is 34.8. The van der Waals surface area contributed by atoms with Crippen molar-refractivity contribution in [2.75, 3.05) is 0 Å². The van der Waals surface area contributed by atoms with Crippen molar-refractivity contribution in [3.05, 3.63) is 0 Å². The SMILES string of the molecule is CCCCCCCCCCCCC[CH2][Zn+].CCCCCCCCCCCCC[CH2][Zn+].CCCCCCCCCCCCC[CH2][Zn+].[O-]P([O-])(=S)[S-]. The smallest absolute Gasteiger partial charge is 0.160 e. The summed E-state index contributed by atoms with van der Waals surface area (Å²) >= 11 is 11.8. The first kappa shape index (κ1) is 59.5. The molecule has 0 aromatic carbocycles. The van der Waals surface area contributed by atoms with Crippen LogP contribution in [0.1, 0.15) is 252 Å². The second-order valence-corrected chi connectivity index (χ2v) is 23.6. The summed E-state index contributed by atoms with van der Waals surface area (Å²) in [5.41, 5.74) is -3.72. The molecule has 290 valence electrons. The fourth-order valence-corrected chi connectivity index (χ4v) is 8.28. The van der Waals surface area contributed by atoms with Gasteiger partial charge in [-0.25, -0.2) is 0 Å². The maximum atomic E-state index is 9.29. The summed E-state index contributed by atoms with van der Waals surface area (Å²) in [5, 5.41) is 4.49. The maximum absolute atomic E-state index is 9.29. The van der Waals surface area contributed by atoms with Gasteiger partial charge in [0.1, 0.15) is 0 Å². The molecule has 0 atom stereocenters. The molecule has 0 spiro atoms. The van der Waals surface area contributed by atoms with Gasteiger partial charge in [-0.3, -0.25) is 0 Å². The van der Waals surface area contributed by atoms with Crippen LogP contribution in [0, 0.1) is 0 Å². The van der Waals surface area contributed by atoms with Gasteiger partial charge < -0.3 is 27.7 Å². The third kappa shape index (κ3) is 83.7. The number of hydrogen-bond acceptors (Lipinski definition) is 4. The van der Waals surface area contributed by atoms with E-state index in [1.54, 1.807) is 0 Å². The molecule has 0 heterocycles. The van der Waals surface area contributed by atoms with Gasteiger partial charge in [0, 0.05) is 0 Å². The molecule has 0 aromatic heterocycles. The van der Waals surface area contributed by atoms with E-state index in [2.05, 4.69) is 44.8 Å². The van der Waals surface area contributed by atoms with Gasteiger partial charge in [-0.2, -0.15) is 11.8 Å². The van der Waals surface area contributed by atoms with Crippen LogP contribution in [0.5, 0.6) is 0 Å². The van der Waals surface area contributed by atoms with E-state index in [4.69, 9.17) is 0 Å². The Kier molecular flexibility index (Phi) is 69.6. The van der Waals surface area contributed by atoms with Crippen LogP contribution in [-0.2, 0) is 79.0 Å². The van der Waals surface area contributed by atoms with Crippen molar-refractivity contribution in [2.45, 2.75) is 267 Å². The quantitative estimate of drug-likeness (QED) is 0.0272. The largest absolute Gasteiger partial charge is 0.850 e. The molecule has 2 nitrogen and oxygen atoms in total. The minimum Gasteiger partial charge on any atom is -0.850 e. The molecule has 0 saturated carbocycles. The molecule has 0 bridgehead atoms. The first-order chi connectivity index (χ1) is 24.2. The molecule has 0 amide bonds. The van der Waals surface area contributed by atoms with Gasteiger partial charge in [-0.05, 0) is 0 Å². The average molecular weight is 915 g/mol. The molecule has 0 fully saturated rings. The summed E-state index contributed by atoms with van der Waals surface area (Å²) < 4.78 is 0. The molecule has 0 aliphatic heterocycles. The van der Waals surface area contributed by atoms with Crippen molar-refractivity contribution >= 4 is 29.7 Å². The van der Waals surface area contributed by atoms with E-state index >= 15 is 0 Å². The van der Waals surface area contributed by atoms with Crippen molar-refractivity contribution in [3.8, 4) is 0 Å². The zero-order chi connectivity index (χ0) is 38.1. The fraction of sp³-hybridized carbons (Fsp3) is 1.00. The van der Waals surface area contributed by atoms with E-state index in [9.17, 15) is 9.79 Å². The van der Waals surface area contributed by atoms with E-state index < -0.39 is 5.69 Å². The topological polar surface area (TPSA) is 46.1 Å². The van der Waals surface area contributed by atoms with Crippen LogP contribution in [0.15, 0.2) is 0 Å². The van der Waals surface area contributed by atoms with Crippen LogP contribution in [-0.4, -0.2) is 0 Å². The van der Waals surface area contributed by atoms with E-state index in [1.165, 1.54) is 301 Å². The molecular formula is C42H87O2PS2Zn3. The van der Waals surface area contributed by atoms with Crippen LogP contribution in [0.25, 0.3) is 0 Å². The van der Waals surface area contributed by atoms with Gasteiger partial charge >= 0.3 is 282 Å². The molecule has 0 saturated heterocycles. The third-order valence-corrected chi connectivity index (χ3v) is 12.5. The van der Waals surface area contributed by atoms with Crippen LogP contribution >= 0.6 is 5.69 Å². The summed E-state index contributed by atoms with van der Waals surface area (Å²) in [7, 11) is 0. The van der Waals surface area contributed by atoms with Gasteiger partial charge in [0.2, 0.25) is 0 Å². The summed E-state index contributed by atoms with van der Waals surface area (Å²) in [5.74, 6) is 0. The van der Waals surface area contributed by atoms with Crippen molar-refractivity contribution in [1.82, 2.24) is 0 Å². The molecular weight excluding hydrogens is 828 g/mol. The molecule has 0 aliphatic carbocycles. The summed E-state index contributed by atoms with van der Waals surface area (Å²) in [6.07, 6.45) is 53.1. The number of hydrogen-bond donors (Lipinski definition) is 0. The Hall–Kier alpha value is 2.79. The van der Waals surface area contributed by atoms with Crippen LogP contribution in [0.2, 0.25) is 15.0 Å². The van der Waals surface area contributed by atoms with Crippen molar-refractivity contribution in [1.29, 1.82) is 0 Å². The molecule has 8 heteroatoms. The molecule has 0 unspecified atom stereocenters. The Balaban J connectivity index is -0.000000296. The minimum absolute atomic E-state index is 1.38. The Labute approximate surface area is 358 Å². The Morgan fingerprint density at radius 2 is 0.420 bits per heavy atom. The second kappa shape index (κ2) is 58.5. The van der Waals surface area contributed by atoms with E-state index in [0.29, 0.717) is 0 Å². The molecule has 0 N–H and O–H groups in total. The number of unbranched alkanes of at least 4 members (excludes halogenated alkanes) is 33. The zero-order valence-corrected chi connectivity index (χ0v) is 46.2. The number of rotatable bonds is 36. The van der Waals surface area contributed by atoms with Crippen molar-refractivity contribution in [2.24, 2.45) is 0 Å². The summed E-state index contributed by atoms with van der Waals surface area (Å²) in [6.45, 7) is 6.87. The van der Waals surface area contributed by atoms with Gasteiger partial charge in [-0.15, -0.1) is 0 Å². The van der Waals surface area contributed by atoms with E-state index in [0.717, 1.165) is 0 Å². The predicted molar refractivity (Wildman–Crippen MR) is 219 cm³/mol. The molecule has 0 aromatic rings. The first-order valence-corrected chi connectivity index (χ1v) is 32.3. The van der Waals surface area contributed by atoms with Crippen LogP contribution < -0.4 is 9.79 Å². The van der Waals surface area contributed by atoms with Gasteiger partial charge in [0.25, 0.3) is 0 Å². The van der Waals surface area contributed by atoms with Crippen molar-refractivity contribution in [3.63, 3.8) is 0 Å². The monoisotopic (exact) mass is 910 g/mol. The van der Waals surface area contributed by atoms with E-state index in [1.807, 2.05) is 0 Å². The van der Waals surface area contributed by atoms with Gasteiger partial charge in [-0.1, -0.05) is 40.0 Å². The molecule has 0 rings (SSSR count). The maximum Gasteiger partial charge on any atom is -0.160 e. The van der Waals surface area contributed by atoms with Crippen LogP contribution in [0.3, 0.4) is 0 Å². The summed E-state index contributed by atoms with van der Waals surface area (Å²) in [4.78, 5) is 18.6. The van der Waals surface area contributed by atoms with Gasteiger partial charge in [0.05, 0.1) is 0 Å². The average Bonchev–Trinajstić information content (AvgIpc) is 3.08. The third-order valence-electron chi connectivity index (χ3n) is 9.31. The van der Waals surface area contributed by atoms with Crippen LogP contribution in [0.4, 0.5) is 0 Å². The fourth-order valence-electron chi connectivity index (χ4n) is 6.05.